The van der Waals surface area contributed by atoms with Crippen molar-refractivity contribution in [2.75, 3.05) is 0 Å². The lowest BCUT2D eigenvalue weighted by atomic mass is 10.0. The Morgan fingerprint density at radius 1 is 1.35 bits per heavy atom. The number of carboxylic acid groups (broad SMARTS) is 1. The second kappa shape index (κ2) is 6.42. The van der Waals surface area contributed by atoms with Crippen molar-refractivity contribution in [2.24, 2.45) is 0 Å². The topological polar surface area (TPSA) is 92.4 Å². The van der Waals surface area contributed by atoms with Gasteiger partial charge in [0.1, 0.15) is 5.76 Å². The number of aromatic nitrogens is 1. The molecule has 3 rings (SSSR count). The quantitative estimate of drug-likeness (QED) is 0.846. The Labute approximate surface area is 137 Å². The number of carbonyl (C=O) groups is 2. The maximum Gasteiger partial charge on any atom is 0.305 e. The van der Waals surface area contributed by atoms with E-state index in [0.29, 0.717) is 22.3 Å². The van der Waals surface area contributed by atoms with Gasteiger partial charge in [-0.25, -0.2) is 0 Å². The summed E-state index contributed by atoms with van der Waals surface area (Å²) in [5, 5.41) is 16.0. The van der Waals surface area contributed by atoms with Gasteiger partial charge in [0.05, 0.1) is 12.5 Å². The van der Waals surface area contributed by atoms with Crippen LogP contribution in [0.3, 0.4) is 0 Å². The summed E-state index contributed by atoms with van der Waals surface area (Å²) < 4.78 is 5.15. The predicted octanol–water partition coefficient (Wildman–Crippen LogP) is 3.15. The van der Waals surface area contributed by atoms with Gasteiger partial charge in [-0.15, -0.1) is 0 Å². The monoisotopic (exact) mass is 334 g/mol. The molecule has 0 aliphatic heterocycles. The van der Waals surface area contributed by atoms with Crippen LogP contribution in [0.15, 0.2) is 34.9 Å². The summed E-state index contributed by atoms with van der Waals surface area (Å²) in [6.07, 6.45) is 1.85. The molecule has 1 aliphatic rings. The number of carboxylic acids is 1. The molecule has 0 bridgehead atoms. The summed E-state index contributed by atoms with van der Waals surface area (Å²) in [6.45, 7) is 0. The zero-order valence-corrected chi connectivity index (χ0v) is 12.9. The van der Waals surface area contributed by atoms with Gasteiger partial charge >= 0.3 is 5.97 Å². The van der Waals surface area contributed by atoms with Gasteiger partial charge in [-0.3, -0.25) is 9.59 Å². The average Bonchev–Trinajstić information content (AvgIpc) is 3.24. The first kappa shape index (κ1) is 15.6. The number of nitrogens with zero attached hydrogens (tertiary/aromatic N) is 1. The molecule has 0 radical (unpaired) electrons. The highest BCUT2D eigenvalue weighted by molar-refractivity contribution is 6.30. The zero-order valence-electron chi connectivity index (χ0n) is 12.2. The van der Waals surface area contributed by atoms with E-state index < -0.39 is 17.9 Å². The van der Waals surface area contributed by atoms with Crippen LogP contribution in [-0.2, 0) is 4.79 Å². The molecule has 0 spiro atoms. The minimum atomic E-state index is -1.01. The standard InChI is InChI=1S/C16H15ClN2O4/c17-11-5-3-9(4-6-11)12(8-15(20)21)18-16(22)13-7-14(23-19-13)10-1-2-10/h3-7,10,12H,1-2,8H2,(H,18,22)(H,20,21)/t12-/m1/s1. The van der Waals surface area contributed by atoms with Crippen molar-refractivity contribution in [3.8, 4) is 0 Å². The third-order valence-electron chi connectivity index (χ3n) is 3.70. The van der Waals surface area contributed by atoms with Crippen LogP contribution in [-0.4, -0.2) is 22.1 Å². The van der Waals surface area contributed by atoms with Crippen LogP contribution in [0.2, 0.25) is 5.02 Å². The van der Waals surface area contributed by atoms with E-state index in [1.807, 2.05) is 0 Å². The number of halogens is 1. The maximum atomic E-state index is 12.3. The van der Waals surface area contributed by atoms with E-state index in [1.54, 1.807) is 30.3 Å². The number of nitrogens with one attached hydrogen (secondary N) is 1. The lowest BCUT2D eigenvalue weighted by Gasteiger charge is -2.16. The van der Waals surface area contributed by atoms with Crippen molar-refractivity contribution in [3.05, 3.63) is 52.4 Å². The molecule has 7 heteroatoms. The van der Waals surface area contributed by atoms with Crippen molar-refractivity contribution in [2.45, 2.75) is 31.2 Å². The molecule has 1 amide bonds. The lowest BCUT2D eigenvalue weighted by Crippen LogP contribution is -2.30. The second-order valence-corrected chi connectivity index (χ2v) is 6.00. The first-order chi connectivity index (χ1) is 11.0. The van der Waals surface area contributed by atoms with Crippen molar-refractivity contribution in [1.82, 2.24) is 10.5 Å². The number of carbonyl (C=O) groups excluding carboxylic acids is 1. The molecule has 1 aliphatic carbocycles. The van der Waals surface area contributed by atoms with Gasteiger partial charge in [0, 0.05) is 17.0 Å². The molecule has 1 saturated carbocycles. The fraction of sp³-hybridized carbons (Fsp3) is 0.312. The minimum absolute atomic E-state index is 0.163. The Balaban J connectivity index is 1.74. The van der Waals surface area contributed by atoms with Crippen molar-refractivity contribution in [1.29, 1.82) is 0 Å². The number of hydrogen-bond acceptors (Lipinski definition) is 4. The molecule has 1 atom stereocenters. The summed E-state index contributed by atoms with van der Waals surface area (Å²) in [5.41, 5.74) is 0.826. The van der Waals surface area contributed by atoms with Crippen LogP contribution >= 0.6 is 11.6 Å². The molecule has 0 unspecified atom stereocenters. The molecule has 120 valence electrons. The average molecular weight is 335 g/mol. The van der Waals surface area contributed by atoms with Crippen LogP contribution in [0, 0.1) is 0 Å². The Morgan fingerprint density at radius 2 is 2.04 bits per heavy atom. The molecule has 1 heterocycles. The SMILES string of the molecule is O=C(O)C[C@@H](NC(=O)c1cc(C2CC2)on1)c1ccc(Cl)cc1. The summed E-state index contributed by atoms with van der Waals surface area (Å²) in [4.78, 5) is 23.3. The van der Waals surface area contributed by atoms with Crippen LogP contribution in [0.4, 0.5) is 0 Å². The van der Waals surface area contributed by atoms with Gasteiger partial charge in [-0.2, -0.15) is 0 Å². The van der Waals surface area contributed by atoms with E-state index in [0.717, 1.165) is 12.8 Å². The Bertz CT molecular complexity index is 722. The molecular weight excluding hydrogens is 320 g/mol. The number of benzene rings is 1. The van der Waals surface area contributed by atoms with E-state index in [4.69, 9.17) is 21.2 Å². The highest BCUT2D eigenvalue weighted by Crippen LogP contribution is 2.40. The van der Waals surface area contributed by atoms with Gasteiger partial charge in [-0.05, 0) is 30.5 Å². The van der Waals surface area contributed by atoms with Crippen LogP contribution < -0.4 is 5.32 Å². The van der Waals surface area contributed by atoms with Crippen molar-refractivity contribution < 1.29 is 19.2 Å². The van der Waals surface area contributed by atoms with Crippen LogP contribution in [0.5, 0.6) is 0 Å². The summed E-state index contributed by atoms with van der Waals surface area (Å²) in [6, 6.07) is 7.63. The largest absolute Gasteiger partial charge is 0.481 e. The molecule has 2 aromatic rings. The van der Waals surface area contributed by atoms with Gasteiger partial charge in [0.15, 0.2) is 5.69 Å². The first-order valence-electron chi connectivity index (χ1n) is 7.27. The molecule has 0 saturated heterocycles. The van der Waals surface area contributed by atoms with Gasteiger partial charge in [0.25, 0.3) is 5.91 Å². The van der Waals surface area contributed by atoms with E-state index >= 15 is 0 Å². The third-order valence-corrected chi connectivity index (χ3v) is 3.95. The first-order valence-corrected chi connectivity index (χ1v) is 7.65. The molecule has 2 N–H and O–H groups in total. The molecule has 23 heavy (non-hydrogen) atoms. The van der Waals surface area contributed by atoms with Crippen molar-refractivity contribution >= 4 is 23.5 Å². The van der Waals surface area contributed by atoms with E-state index in [9.17, 15) is 9.59 Å². The van der Waals surface area contributed by atoms with Gasteiger partial charge < -0.3 is 14.9 Å². The Kier molecular flexibility index (Phi) is 4.34. The summed E-state index contributed by atoms with van der Waals surface area (Å²) in [5.74, 6) is -0.405. The lowest BCUT2D eigenvalue weighted by molar-refractivity contribution is -0.137. The van der Waals surface area contributed by atoms with E-state index in [-0.39, 0.29) is 12.1 Å². The summed E-state index contributed by atoms with van der Waals surface area (Å²) in [7, 11) is 0. The number of aliphatic carboxylic acids is 1. The zero-order chi connectivity index (χ0) is 16.4. The highest BCUT2D eigenvalue weighted by atomic mass is 35.5. The number of hydrogen-bond donors (Lipinski definition) is 2. The third kappa shape index (κ3) is 3.90. The Hall–Kier alpha value is -2.34. The minimum Gasteiger partial charge on any atom is -0.481 e. The molecule has 1 aromatic carbocycles. The van der Waals surface area contributed by atoms with Crippen LogP contribution in [0.1, 0.15) is 53.0 Å². The second-order valence-electron chi connectivity index (χ2n) is 5.56. The molecule has 1 aromatic heterocycles. The van der Waals surface area contributed by atoms with Crippen LogP contribution in [0.25, 0.3) is 0 Å². The Morgan fingerprint density at radius 3 is 2.65 bits per heavy atom. The molecule has 1 fully saturated rings. The van der Waals surface area contributed by atoms with Gasteiger partial charge in [-0.1, -0.05) is 28.9 Å². The number of amides is 1. The smallest absolute Gasteiger partial charge is 0.305 e. The van der Waals surface area contributed by atoms with Crippen molar-refractivity contribution in [3.63, 3.8) is 0 Å². The van der Waals surface area contributed by atoms with E-state index in [1.165, 1.54) is 0 Å². The van der Waals surface area contributed by atoms with Gasteiger partial charge in [0.2, 0.25) is 0 Å². The van der Waals surface area contributed by atoms with E-state index in [2.05, 4.69) is 10.5 Å². The highest BCUT2D eigenvalue weighted by Gasteiger charge is 2.29. The molecular formula is C16H15ClN2O4. The fourth-order valence-electron chi connectivity index (χ4n) is 2.31. The molecule has 6 nitrogen and oxygen atoms in total. The summed E-state index contributed by atoms with van der Waals surface area (Å²) >= 11 is 5.84. The predicted molar refractivity (Wildman–Crippen MR) is 82.4 cm³/mol. The maximum absolute atomic E-state index is 12.3. The fourth-order valence-corrected chi connectivity index (χ4v) is 2.44. The number of rotatable bonds is 6. The normalized spacial score (nSPS) is 15.2.